The second-order valence-electron chi connectivity index (χ2n) is 3.98. The fraction of sp³-hybridized carbons (Fsp3) is 0.727. The van der Waals surface area contributed by atoms with Crippen LogP contribution in [-0.2, 0) is 14.4 Å². The van der Waals surface area contributed by atoms with Gasteiger partial charge >= 0.3 is 5.97 Å². The Morgan fingerprint density at radius 2 is 1.94 bits per heavy atom. The lowest BCUT2D eigenvalue weighted by atomic mass is 10.1. The van der Waals surface area contributed by atoms with Crippen molar-refractivity contribution in [2.45, 2.75) is 45.1 Å². The lowest BCUT2D eigenvalue weighted by Crippen LogP contribution is -2.47. The lowest BCUT2D eigenvalue weighted by molar-refractivity contribution is -0.153. The topological polar surface area (TPSA) is 74.7 Å². The number of hydrogen-bond acceptors (Lipinski definition) is 3. The Labute approximate surface area is 94.4 Å². The Morgan fingerprint density at radius 1 is 1.25 bits per heavy atom. The van der Waals surface area contributed by atoms with Gasteiger partial charge in [0, 0.05) is 13.0 Å². The number of amides is 1. The minimum absolute atomic E-state index is 0.127. The molecule has 1 rings (SSSR count). The molecule has 1 atom stereocenters. The van der Waals surface area contributed by atoms with Crippen molar-refractivity contribution >= 4 is 17.7 Å². The molecule has 0 radical (unpaired) electrons. The molecule has 1 saturated heterocycles. The SMILES string of the molecule is CCC(=O)C(=O)N1CCCCC[C@H]1C(=O)O. The third-order valence-corrected chi connectivity index (χ3v) is 2.86. The van der Waals surface area contributed by atoms with Crippen molar-refractivity contribution in [1.29, 1.82) is 0 Å². The van der Waals surface area contributed by atoms with E-state index in [9.17, 15) is 14.4 Å². The number of hydrogen-bond donors (Lipinski definition) is 1. The van der Waals surface area contributed by atoms with E-state index in [2.05, 4.69) is 0 Å². The van der Waals surface area contributed by atoms with Gasteiger partial charge in [-0.1, -0.05) is 19.8 Å². The van der Waals surface area contributed by atoms with Crippen LogP contribution in [-0.4, -0.2) is 40.3 Å². The van der Waals surface area contributed by atoms with E-state index >= 15 is 0 Å². The third kappa shape index (κ3) is 2.81. The van der Waals surface area contributed by atoms with Crippen LogP contribution in [0.5, 0.6) is 0 Å². The first-order valence-corrected chi connectivity index (χ1v) is 5.64. The zero-order valence-electron chi connectivity index (χ0n) is 9.44. The Morgan fingerprint density at radius 3 is 2.50 bits per heavy atom. The summed E-state index contributed by atoms with van der Waals surface area (Å²) in [4.78, 5) is 35.3. The van der Waals surface area contributed by atoms with E-state index in [4.69, 9.17) is 5.11 Å². The van der Waals surface area contributed by atoms with Gasteiger partial charge in [-0.25, -0.2) is 4.79 Å². The van der Waals surface area contributed by atoms with Gasteiger partial charge in [0.15, 0.2) is 0 Å². The Balaban J connectivity index is 2.82. The summed E-state index contributed by atoms with van der Waals surface area (Å²) >= 11 is 0. The van der Waals surface area contributed by atoms with E-state index in [1.807, 2.05) is 0 Å². The van der Waals surface area contributed by atoms with E-state index in [1.165, 1.54) is 4.90 Å². The molecule has 90 valence electrons. The fourth-order valence-corrected chi connectivity index (χ4v) is 1.92. The molecule has 1 heterocycles. The summed E-state index contributed by atoms with van der Waals surface area (Å²) in [6.45, 7) is 1.98. The number of rotatable bonds is 3. The van der Waals surface area contributed by atoms with Crippen LogP contribution in [0.1, 0.15) is 39.0 Å². The molecule has 0 aliphatic carbocycles. The summed E-state index contributed by atoms with van der Waals surface area (Å²) < 4.78 is 0. The zero-order valence-corrected chi connectivity index (χ0v) is 9.44. The van der Waals surface area contributed by atoms with Crippen LogP contribution >= 0.6 is 0 Å². The van der Waals surface area contributed by atoms with Gasteiger partial charge < -0.3 is 10.0 Å². The van der Waals surface area contributed by atoms with Gasteiger partial charge in [-0.05, 0) is 12.8 Å². The summed E-state index contributed by atoms with van der Waals surface area (Å²) in [5.74, 6) is -2.16. The normalized spacial score (nSPS) is 21.3. The van der Waals surface area contributed by atoms with Crippen molar-refractivity contribution in [3.8, 4) is 0 Å². The number of carboxylic acids is 1. The molecule has 1 aliphatic rings. The maximum absolute atomic E-state index is 11.7. The van der Waals surface area contributed by atoms with Gasteiger partial charge in [-0.15, -0.1) is 0 Å². The van der Waals surface area contributed by atoms with Crippen molar-refractivity contribution in [3.05, 3.63) is 0 Å². The molecule has 0 saturated carbocycles. The van der Waals surface area contributed by atoms with E-state index in [1.54, 1.807) is 6.92 Å². The van der Waals surface area contributed by atoms with Gasteiger partial charge in [-0.3, -0.25) is 9.59 Å². The molecule has 5 heteroatoms. The molecule has 1 N–H and O–H groups in total. The molecule has 1 amide bonds. The van der Waals surface area contributed by atoms with Crippen LogP contribution in [0.3, 0.4) is 0 Å². The van der Waals surface area contributed by atoms with Gasteiger partial charge in [0.1, 0.15) is 6.04 Å². The van der Waals surface area contributed by atoms with Crippen LogP contribution in [0.2, 0.25) is 0 Å². The predicted molar refractivity (Wildman–Crippen MR) is 56.9 cm³/mol. The minimum atomic E-state index is -1.01. The van der Waals surface area contributed by atoms with Crippen molar-refractivity contribution in [2.75, 3.05) is 6.54 Å². The minimum Gasteiger partial charge on any atom is -0.480 e. The van der Waals surface area contributed by atoms with Gasteiger partial charge in [-0.2, -0.15) is 0 Å². The summed E-state index contributed by atoms with van der Waals surface area (Å²) in [5.41, 5.74) is 0. The number of likely N-dealkylation sites (tertiary alicyclic amines) is 1. The maximum Gasteiger partial charge on any atom is 0.326 e. The quantitative estimate of drug-likeness (QED) is 0.724. The molecule has 0 aromatic rings. The van der Waals surface area contributed by atoms with Crippen LogP contribution in [0.15, 0.2) is 0 Å². The van der Waals surface area contributed by atoms with Crippen LogP contribution in [0.4, 0.5) is 0 Å². The van der Waals surface area contributed by atoms with E-state index < -0.39 is 23.7 Å². The molecule has 1 aliphatic heterocycles. The second kappa shape index (κ2) is 5.63. The number of aliphatic carboxylic acids is 1. The Hall–Kier alpha value is -1.39. The third-order valence-electron chi connectivity index (χ3n) is 2.86. The Kier molecular flexibility index (Phi) is 4.46. The molecule has 0 aromatic carbocycles. The first kappa shape index (κ1) is 12.7. The largest absolute Gasteiger partial charge is 0.480 e. The summed E-state index contributed by atoms with van der Waals surface area (Å²) in [6.07, 6.45) is 3.04. The highest BCUT2D eigenvalue weighted by atomic mass is 16.4. The summed E-state index contributed by atoms with van der Waals surface area (Å²) in [5, 5.41) is 9.03. The number of nitrogens with zero attached hydrogens (tertiary/aromatic N) is 1. The van der Waals surface area contributed by atoms with Crippen LogP contribution in [0, 0.1) is 0 Å². The Bertz CT molecular complexity index is 300. The molecule has 0 aromatic heterocycles. The number of carbonyl (C=O) groups excluding carboxylic acids is 2. The van der Waals surface area contributed by atoms with Crippen LogP contribution < -0.4 is 0 Å². The molecule has 1 fully saturated rings. The standard InChI is InChI=1S/C11H17NO4/c1-2-9(13)10(14)12-7-5-3-4-6-8(12)11(15)16/h8H,2-7H2,1H3,(H,15,16)/t8-/m0/s1. The first-order chi connectivity index (χ1) is 7.57. The highest BCUT2D eigenvalue weighted by Crippen LogP contribution is 2.17. The second-order valence-corrected chi connectivity index (χ2v) is 3.98. The molecular formula is C11H17NO4. The van der Waals surface area contributed by atoms with Gasteiger partial charge in [0.25, 0.3) is 5.91 Å². The van der Waals surface area contributed by atoms with E-state index in [-0.39, 0.29) is 6.42 Å². The fourth-order valence-electron chi connectivity index (χ4n) is 1.92. The smallest absolute Gasteiger partial charge is 0.326 e. The monoisotopic (exact) mass is 227 g/mol. The number of ketones is 1. The highest BCUT2D eigenvalue weighted by molar-refractivity contribution is 6.36. The maximum atomic E-state index is 11.7. The number of carbonyl (C=O) groups is 3. The molecule has 16 heavy (non-hydrogen) atoms. The van der Waals surface area contributed by atoms with Crippen molar-refractivity contribution in [1.82, 2.24) is 4.90 Å². The van der Waals surface area contributed by atoms with Gasteiger partial charge in [0.2, 0.25) is 5.78 Å². The molecule has 0 spiro atoms. The molecular weight excluding hydrogens is 210 g/mol. The van der Waals surface area contributed by atoms with E-state index in [0.29, 0.717) is 13.0 Å². The molecule has 5 nitrogen and oxygen atoms in total. The average Bonchev–Trinajstić information content (AvgIpc) is 2.52. The predicted octanol–water partition coefficient (Wildman–Crippen LogP) is 0.821. The first-order valence-electron chi connectivity index (χ1n) is 5.64. The van der Waals surface area contributed by atoms with Crippen molar-refractivity contribution < 1.29 is 19.5 Å². The lowest BCUT2D eigenvalue weighted by Gasteiger charge is -2.25. The average molecular weight is 227 g/mol. The highest BCUT2D eigenvalue weighted by Gasteiger charge is 2.32. The zero-order chi connectivity index (χ0) is 12.1. The molecule has 0 unspecified atom stereocenters. The number of Topliss-reactive ketones (excluding diaryl/α,β-unsaturated/α-hetero) is 1. The van der Waals surface area contributed by atoms with Crippen molar-refractivity contribution in [3.63, 3.8) is 0 Å². The van der Waals surface area contributed by atoms with Crippen molar-refractivity contribution in [2.24, 2.45) is 0 Å². The summed E-state index contributed by atoms with van der Waals surface area (Å²) in [7, 11) is 0. The van der Waals surface area contributed by atoms with Gasteiger partial charge in [0.05, 0.1) is 0 Å². The van der Waals surface area contributed by atoms with E-state index in [0.717, 1.165) is 19.3 Å². The van der Waals surface area contributed by atoms with Crippen LogP contribution in [0.25, 0.3) is 0 Å². The summed E-state index contributed by atoms with van der Waals surface area (Å²) in [6, 6.07) is -0.828. The number of carboxylic acid groups (broad SMARTS) is 1. The molecule has 0 bridgehead atoms.